The Morgan fingerprint density at radius 1 is 1.33 bits per heavy atom. The van der Waals surface area contributed by atoms with E-state index < -0.39 is 6.10 Å². The molecular formula is C12H17BrO2. The molecule has 0 aromatic carbocycles. The Kier molecular flexibility index (Phi) is 3.87. The van der Waals surface area contributed by atoms with Gasteiger partial charge in [0, 0.05) is 0 Å². The van der Waals surface area contributed by atoms with Crippen LogP contribution in [0.2, 0.25) is 0 Å². The van der Waals surface area contributed by atoms with Gasteiger partial charge in [0.2, 0.25) is 0 Å². The van der Waals surface area contributed by atoms with E-state index in [1.165, 1.54) is 32.1 Å². The number of halogens is 1. The van der Waals surface area contributed by atoms with Crippen LogP contribution in [0.4, 0.5) is 0 Å². The minimum absolute atomic E-state index is 0.431. The lowest BCUT2D eigenvalue weighted by atomic mass is 9.85. The predicted octanol–water partition coefficient (Wildman–Crippen LogP) is 4.05. The normalized spacial score (nSPS) is 20.4. The average molecular weight is 273 g/mol. The van der Waals surface area contributed by atoms with Gasteiger partial charge in [0.15, 0.2) is 4.67 Å². The molecule has 1 saturated carbocycles. The molecule has 1 unspecified atom stereocenters. The molecule has 1 aliphatic carbocycles. The summed E-state index contributed by atoms with van der Waals surface area (Å²) in [6, 6.07) is 3.68. The quantitative estimate of drug-likeness (QED) is 0.901. The van der Waals surface area contributed by atoms with Crippen molar-refractivity contribution < 1.29 is 9.52 Å². The highest BCUT2D eigenvalue weighted by molar-refractivity contribution is 9.10. The van der Waals surface area contributed by atoms with Crippen molar-refractivity contribution in [1.29, 1.82) is 0 Å². The molecule has 0 radical (unpaired) electrons. The number of rotatable bonds is 3. The smallest absolute Gasteiger partial charge is 0.169 e. The van der Waals surface area contributed by atoms with Crippen LogP contribution < -0.4 is 0 Å². The summed E-state index contributed by atoms with van der Waals surface area (Å²) in [5.74, 6) is 1.37. The highest BCUT2D eigenvalue weighted by atomic mass is 79.9. The Morgan fingerprint density at radius 2 is 2.07 bits per heavy atom. The molecule has 84 valence electrons. The molecular weight excluding hydrogens is 256 g/mol. The molecule has 3 heteroatoms. The third-order valence-corrected chi connectivity index (χ3v) is 3.63. The summed E-state index contributed by atoms with van der Waals surface area (Å²) < 4.78 is 6.05. The zero-order valence-corrected chi connectivity index (χ0v) is 10.4. The lowest BCUT2D eigenvalue weighted by Gasteiger charge is -2.23. The number of furan rings is 1. The summed E-state index contributed by atoms with van der Waals surface area (Å²) >= 11 is 3.25. The van der Waals surface area contributed by atoms with Gasteiger partial charge >= 0.3 is 0 Å². The molecule has 0 saturated heterocycles. The summed E-state index contributed by atoms with van der Waals surface area (Å²) in [6.45, 7) is 0. The van der Waals surface area contributed by atoms with Crippen molar-refractivity contribution >= 4 is 15.9 Å². The topological polar surface area (TPSA) is 33.4 Å². The predicted molar refractivity (Wildman–Crippen MR) is 62.6 cm³/mol. The van der Waals surface area contributed by atoms with Gasteiger partial charge in [-0.15, -0.1) is 0 Å². The lowest BCUT2D eigenvalue weighted by Crippen LogP contribution is -2.10. The van der Waals surface area contributed by atoms with Crippen LogP contribution in [0.25, 0.3) is 0 Å². The van der Waals surface area contributed by atoms with E-state index in [-0.39, 0.29) is 0 Å². The van der Waals surface area contributed by atoms with Gasteiger partial charge < -0.3 is 9.52 Å². The number of aliphatic hydroxyl groups is 1. The van der Waals surface area contributed by atoms with Gasteiger partial charge in [0.25, 0.3) is 0 Å². The molecule has 1 aromatic heterocycles. The third-order valence-electron chi connectivity index (χ3n) is 3.20. The van der Waals surface area contributed by atoms with Gasteiger partial charge in [-0.25, -0.2) is 0 Å². The first-order valence-electron chi connectivity index (χ1n) is 5.69. The fraction of sp³-hybridized carbons (Fsp3) is 0.667. The molecule has 0 spiro atoms. The van der Waals surface area contributed by atoms with Crippen LogP contribution in [0.3, 0.4) is 0 Å². The van der Waals surface area contributed by atoms with E-state index in [9.17, 15) is 5.11 Å². The van der Waals surface area contributed by atoms with Crippen molar-refractivity contribution in [3.05, 3.63) is 22.6 Å². The SMILES string of the molecule is OC(CC1CCCCC1)c1ccc(Br)o1. The molecule has 1 heterocycles. The maximum atomic E-state index is 9.97. The highest BCUT2D eigenvalue weighted by Gasteiger charge is 2.20. The van der Waals surface area contributed by atoms with Gasteiger partial charge in [-0.3, -0.25) is 0 Å². The largest absolute Gasteiger partial charge is 0.452 e. The van der Waals surface area contributed by atoms with Crippen LogP contribution in [0.1, 0.15) is 50.4 Å². The number of hydrogen-bond donors (Lipinski definition) is 1. The molecule has 1 fully saturated rings. The van der Waals surface area contributed by atoms with Gasteiger partial charge in [-0.2, -0.15) is 0 Å². The maximum Gasteiger partial charge on any atom is 0.169 e. The molecule has 2 nitrogen and oxygen atoms in total. The Hall–Kier alpha value is -0.280. The van der Waals surface area contributed by atoms with Crippen molar-refractivity contribution in [2.45, 2.75) is 44.6 Å². The minimum atomic E-state index is -0.431. The van der Waals surface area contributed by atoms with Crippen LogP contribution in [0, 0.1) is 5.92 Å². The first-order chi connectivity index (χ1) is 7.25. The molecule has 2 rings (SSSR count). The molecule has 1 N–H and O–H groups in total. The average Bonchev–Trinajstić information content (AvgIpc) is 2.66. The molecule has 0 aliphatic heterocycles. The Balaban J connectivity index is 1.88. The van der Waals surface area contributed by atoms with E-state index in [0.29, 0.717) is 16.3 Å². The fourth-order valence-corrected chi connectivity index (χ4v) is 2.68. The second-order valence-corrected chi connectivity index (χ2v) is 5.18. The Bertz CT molecular complexity index is 302. The first-order valence-corrected chi connectivity index (χ1v) is 6.48. The van der Waals surface area contributed by atoms with Crippen LogP contribution in [-0.4, -0.2) is 5.11 Å². The zero-order chi connectivity index (χ0) is 10.7. The van der Waals surface area contributed by atoms with Crippen molar-refractivity contribution in [2.75, 3.05) is 0 Å². The summed E-state index contributed by atoms with van der Waals surface area (Å²) in [5, 5.41) is 9.97. The second-order valence-electron chi connectivity index (χ2n) is 4.40. The number of aliphatic hydroxyl groups excluding tert-OH is 1. The summed E-state index contributed by atoms with van der Waals surface area (Å²) in [4.78, 5) is 0. The van der Waals surface area contributed by atoms with Crippen molar-refractivity contribution in [1.82, 2.24) is 0 Å². The van der Waals surface area contributed by atoms with Crippen LogP contribution in [-0.2, 0) is 0 Å². The monoisotopic (exact) mass is 272 g/mol. The molecule has 1 aliphatic rings. The molecule has 0 amide bonds. The molecule has 1 aromatic rings. The van der Waals surface area contributed by atoms with E-state index in [0.717, 1.165) is 6.42 Å². The summed E-state index contributed by atoms with van der Waals surface area (Å²) in [6.07, 6.45) is 6.94. The molecule has 1 atom stereocenters. The van der Waals surface area contributed by atoms with Crippen LogP contribution in [0.15, 0.2) is 21.2 Å². The van der Waals surface area contributed by atoms with Crippen molar-refractivity contribution in [2.24, 2.45) is 5.92 Å². The first kappa shape index (κ1) is 11.2. The van der Waals surface area contributed by atoms with E-state index in [1.54, 1.807) is 0 Å². The van der Waals surface area contributed by atoms with E-state index >= 15 is 0 Å². The maximum absolute atomic E-state index is 9.97. The van der Waals surface area contributed by atoms with E-state index in [2.05, 4.69) is 15.9 Å². The Labute approximate surface area is 98.8 Å². The third kappa shape index (κ3) is 3.08. The number of hydrogen-bond acceptors (Lipinski definition) is 2. The van der Waals surface area contributed by atoms with E-state index in [4.69, 9.17) is 4.42 Å². The minimum Gasteiger partial charge on any atom is -0.452 e. The van der Waals surface area contributed by atoms with Gasteiger partial charge in [-0.05, 0) is 40.4 Å². The van der Waals surface area contributed by atoms with Crippen molar-refractivity contribution in [3.63, 3.8) is 0 Å². The van der Waals surface area contributed by atoms with Crippen LogP contribution in [0.5, 0.6) is 0 Å². The molecule has 15 heavy (non-hydrogen) atoms. The Morgan fingerprint density at radius 3 is 2.67 bits per heavy atom. The van der Waals surface area contributed by atoms with Gasteiger partial charge in [0.1, 0.15) is 11.9 Å². The van der Waals surface area contributed by atoms with Crippen LogP contribution >= 0.6 is 15.9 Å². The van der Waals surface area contributed by atoms with Gasteiger partial charge in [0.05, 0.1) is 0 Å². The standard InChI is InChI=1S/C12H17BrO2/c13-12-7-6-11(15-12)10(14)8-9-4-2-1-3-5-9/h6-7,9-10,14H,1-5,8H2. The van der Waals surface area contributed by atoms with E-state index in [1.807, 2.05) is 12.1 Å². The van der Waals surface area contributed by atoms with Gasteiger partial charge in [-0.1, -0.05) is 32.1 Å². The molecule has 0 bridgehead atoms. The zero-order valence-electron chi connectivity index (χ0n) is 8.79. The fourth-order valence-electron chi connectivity index (χ4n) is 2.36. The highest BCUT2D eigenvalue weighted by Crippen LogP contribution is 2.32. The second kappa shape index (κ2) is 5.17. The van der Waals surface area contributed by atoms with Crippen molar-refractivity contribution in [3.8, 4) is 0 Å². The summed E-state index contributed by atoms with van der Waals surface area (Å²) in [5.41, 5.74) is 0. The lowest BCUT2D eigenvalue weighted by molar-refractivity contribution is 0.108. The summed E-state index contributed by atoms with van der Waals surface area (Å²) in [7, 11) is 0.